The summed E-state index contributed by atoms with van der Waals surface area (Å²) in [6.45, 7) is 2.92. The number of nitrogens with two attached hydrogens (primary N) is 1. The minimum atomic E-state index is -1.22. The van der Waals surface area contributed by atoms with Gasteiger partial charge in [-0.3, -0.25) is 9.59 Å². The van der Waals surface area contributed by atoms with E-state index in [9.17, 15) is 19.8 Å². The Hall–Kier alpha value is -2.65. The van der Waals surface area contributed by atoms with Gasteiger partial charge in [-0.1, -0.05) is 35.9 Å². The van der Waals surface area contributed by atoms with E-state index >= 15 is 0 Å². The van der Waals surface area contributed by atoms with E-state index in [0.717, 1.165) is 16.9 Å². The summed E-state index contributed by atoms with van der Waals surface area (Å²) in [5.41, 5.74) is 7.91. The number of benzene rings is 2. The molecule has 0 spiro atoms. The molecule has 2 aromatic rings. The number of primary amides is 1. The number of ether oxygens (including phenoxy) is 2. The van der Waals surface area contributed by atoms with E-state index in [1.807, 2.05) is 37.3 Å². The number of likely N-dealkylation sites (tertiary alicyclic amines) is 1. The summed E-state index contributed by atoms with van der Waals surface area (Å²) in [5, 5.41) is 21.8. The maximum atomic E-state index is 13.1. The van der Waals surface area contributed by atoms with Crippen molar-refractivity contribution in [2.75, 3.05) is 13.2 Å². The van der Waals surface area contributed by atoms with Gasteiger partial charge in [0.2, 0.25) is 5.91 Å². The van der Waals surface area contributed by atoms with E-state index in [2.05, 4.69) is 0 Å². The van der Waals surface area contributed by atoms with Gasteiger partial charge in [-0.2, -0.15) is 0 Å². The lowest BCUT2D eigenvalue weighted by molar-refractivity contribution is -0.187. The zero-order chi connectivity index (χ0) is 25.1. The molecule has 0 aromatic heterocycles. The van der Waals surface area contributed by atoms with Crippen molar-refractivity contribution >= 4 is 23.4 Å². The summed E-state index contributed by atoms with van der Waals surface area (Å²) in [4.78, 5) is 26.3. The second-order valence-corrected chi connectivity index (χ2v) is 9.44. The van der Waals surface area contributed by atoms with Crippen molar-refractivity contribution in [3.8, 4) is 5.75 Å². The van der Waals surface area contributed by atoms with E-state index in [1.54, 1.807) is 12.1 Å². The summed E-state index contributed by atoms with van der Waals surface area (Å²) in [5.74, 6) is -0.164. The van der Waals surface area contributed by atoms with Crippen molar-refractivity contribution in [2.45, 2.75) is 63.1 Å². The Morgan fingerprint density at radius 3 is 2.63 bits per heavy atom. The second-order valence-electron chi connectivity index (χ2n) is 9.04. The standard InChI is InChI=1S/C26H31ClN2O6/c1-2-34-18-8-5-15(6-9-18)12-17-13-16(7-10-19(17)27)24-23(31)21(30)14-22(35-24)26(33)29-11-3-4-20(29)25(28)32/h5-10,13,20-24,30-31H,2-4,11-12,14H2,1H3,(H2,28,32). The maximum absolute atomic E-state index is 13.1. The fourth-order valence-electron chi connectivity index (χ4n) is 4.82. The van der Waals surface area contributed by atoms with Crippen LogP contribution < -0.4 is 10.5 Å². The Kier molecular flexibility index (Phi) is 7.96. The first-order valence-corrected chi connectivity index (χ1v) is 12.3. The van der Waals surface area contributed by atoms with Gasteiger partial charge in [-0.25, -0.2) is 0 Å². The molecule has 2 aromatic carbocycles. The van der Waals surface area contributed by atoms with Gasteiger partial charge in [-0.05, 0) is 61.1 Å². The van der Waals surface area contributed by atoms with E-state index in [0.29, 0.717) is 43.0 Å². The molecular formula is C26H31ClN2O6. The molecule has 188 valence electrons. The zero-order valence-electron chi connectivity index (χ0n) is 19.6. The molecule has 5 atom stereocenters. The normalized spacial score (nSPS) is 26.5. The molecule has 9 heteroatoms. The minimum Gasteiger partial charge on any atom is -0.494 e. The van der Waals surface area contributed by atoms with E-state index in [-0.39, 0.29) is 6.42 Å². The molecule has 5 unspecified atom stereocenters. The van der Waals surface area contributed by atoms with Crippen LogP contribution in [0.3, 0.4) is 0 Å². The maximum Gasteiger partial charge on any atom is 0.252 e. The van der Waals surface area contributed by atoms with Crippen LogP contribution in [0.15, 0.2) is 42.5 Å². The van der Waals surface area contributed by atoms with Crippen molar-refractivity contribution < 1.29 is 29.3 Å². The SMILES string of the molecule is CCOc1ccc(Cc2cc(C3OC(C(=O)N4CCCC4C(N)=O)CC(O)C3O)ccc2Cl)cc1. The molecule has 0 bridgehead atoms. The van der Waals surface area contributed by atoms with Gasteiger partial charge in [0.1, 0.15) is 30.1 Å². The van der Waals surface area contributed by atoms with Crippen molar-refractivity contribution in [3.63, 3.8) is 0 Å². The van der Waals surface area contributed by atoms with Crippen molar-refractivity contribution in [3.05, 3.63) is 64.2 Å². The number of nitrogens with zero attached hydrogens (tertiary/aromatic N) is 1. The third-order valence-electron chi connectivity index (χ3n) is 6.64. The summed E-state index contributed by atoms with van der Waals surface area (Å²) in [6, 6.07) is 12.3. The second kappa shape index (κ2) is 11.0. The first kappa shape index (κ1) is 25.4. The quantitative estimate of drug-likeness (QED) is 0.534. The van der Waals surface area contributed by atoms with Crippen LogP contribution in [0.5, 0.6) is 5.75 Å². The van der Waals surface area contributed by atoms with Crippen LogP contribution in [-0.4, -0.2) is 64.4 Å². The molecule has 4 N–H and O–H groups in total. The number of amides is 2. The van der Waals surface area contributed by atoms with E-state index in [4.69, 9.17) is 26.8 Å². The van der Waals surface area contributed by atoms with E-state index in [1.165, 1.54) is 4.90 Å². The molecule has 2 saturated heterocycles. The van der Waals surface area contributed by atoms with Crippen LogP contribution in [-0.2, 0) is 20.7 Å². The number of halogens is 1. The molecule has 2 aliphatic heterocycles. The lowest BCUT2D eigenvalue weighted by atomic mass is 9.91. The molecule has 2 amide bonds. The lowest BCUT2D eigenvalue weighted by Crippen LogP contribution is -2.53. The number of aliphatic hydroxyl groups is 2. The molecule has 0 radical (unpaired) electrons. The Bertz CT molecular complexity index is 1060. The highest BCUT2D eigenvalue weighted by Crippen LogP contribution is 2.35. The van der Waals surface area contributed by atoms with Crippen LogP contribution in [0.25, 0.3) is 0 Å². The topological polar surface area (TPSA) is 122 Å². The van der Waals surface area contributed by atoms with Gasteiger partial charge >= 0.3 is 0 Å². The Labute approximate surface area is 209 Å². The van der Waals surface area contributed by atoms with Crippen LogP contribution in [0, 0.1) is 0 Å². The average Bonchev–Trinajstić information content (AvgIpc) is 3.34. The van der Waals surface area contributed by atoms with Gasteiger partial charge in [-0.15, -0.1) is 0 Å². The largest absolute Gasteiger partial charge is 0.494 e. The molecule has 2 heterocycles. The molecule has 2 aliphatic rings. The number of aliphatic hydroxyl groups excluding tert-OH is 2. The summed E-state index contributed by atoms with van der Waals surface area (Å²) in [6.07, 6.45) is -2.65. The highest BCUT2D eigenvalue weighted by molar-refractivity contribution is 6.31. The number of hydrogen-bond acceptors (Lipinski definition) is 6. The Morgan fingerprint density at radius 1 is 1.20 bits per heavy atom. The Morgan fingerprint density at radius 2 is 1.94 bits per heavy atom. The molecule has 2 fully saturated rings. The van der Waals surface area contributed by atoms with Gasteiger partial charge in [0.25, 0.3) is 5.91 Å². The molecule has 8 nitrogen and oxygen atoms in total. The smallest absolute Gasteiger partial charge is 0.252 e. The average molecular weight is 503 g/mol. The van der Waals surface area contributed by atoms with Crippen LogP contribution in [0.4, 0.5) is 0 Å². The van der Waals surface area contributed by atoms with Crippen LogP contribution in [0.2, 0.25) is 5.02 Å². The van der Waals surface area contributed by atoms with Crippen molar-refractivity contribution in [1.82, 2.24) is 4.90 Å². The number of rotatable bonds is 7. The van der Waals surface area contributed by atoms with Gasteiger partial charge in [0, 0.05) is 18.0 Å². The first-order chi connectivity index (χ1) is 16.8. The lowest BCUT2D eigenvalue weighted by Gasteiger charge is -2.38. The molecule has 0 saturated carbocycles. The predicted octanol–water partition coefficient (Wildman–Crippen LogP) is 2.36. The monoisotopic (exact) mass is 502 g/mol. The summed E-state index contributed by atoms with van der Waals surface area (Å²) >= 11 is 6.46. The number of carbonyl (C=O) groups excluding carboxylic acids is 2. The van der Waals surface area contributed by atoms with Gasteiger partial charge < -0.3 is 30.3 Å². The first-order valence-electron chi connectivity index (χ1n) is 11.9. The molecule has 0 aliphatic carbocycles. The summed E-state index contributed by atoms with van der Waals surface area (Å²) in [7, 11) is 0. The third kappa shape index (κ3) is 5.62. The van der Waals surface area contributed by atoms with Gasteiger partial charge in [0.15, 0.2) is 0 Å². The number of carbonyl (C=O) groups is 2. The van der Waals surface area contributed by atoms with Gasteiger partial charge in [0.05, 0.1) is 12.7 Å². The fraction of sp³-hybridized carbons (Fsp3) is 0.462. The third-order valence-corrected chi connectivity index (χ3v) is 7.01. The van der Waals surface area contributed by atoms with Crippen LogP contribution in [0.1, 0.15) is 49.0 Å². The predicted molar refractivity (Wildman–Crippen MR) is 130 cm³/mol. The molecule has 35 heavy (non-hydrogen) atoms. The van der Waals surface area contributed by atoms with Crippen molar-refractivity contribution in [2.24, 2.45) is 5.73 Å². The van der Waals surface area contributed by atoms with Crippen LogP contribution >= 0.6 is 11.6 Å². The zero-order valence-corrected chi connectivity index (χ0v) is 20.4. The Balaban J connectivity index is 1.53. The highest BCUT2D eigenvalue weighted by atomic mass is 35.5. The van der Waals surface area contributed by atoms with Crippen molar-refractivity contribution in [1.29, 1.82) is 0 Å². The fourth-order valence-corrected chi connectivity index (χ4v) is 5.00. The molecule has 4 rings (SSSR count). The highest BCUT2D eigenvalue weighted by Gasteiger charge is 2.44. The molecular weight excluding hydrogens is 472 g/mol. The minimum absolute atomic E-state index is 0.0644. The van der Waals surface area contributed by atoms with E-state index < -0.39 is 42.3 Å². The number of hydrogen-bond donors (Lipinski definition) is 3. The summed E-state index contributed by atoms with van der Waals surface area (Å²) < 4.78 is 11.5.